The van der Waals surface area contributed by atoms with Crippen LogP contribution in [0.2, 0.25) is 5.02 Å². The molecule has 0 saturated carbocycles. The molecule has 138 valence electrons. The highest BCUT2D eigenvalue weighted by Gasteiger charge is 2.18. The van der Waals surface area contributed by atoms with Gasteiger partial charge in [0, 0.05) is 22.7 Å². The minimum atomic E-state index is -3.54. The van der Waals surface area contributed by atoms with Gasteiger partial charge in [-0.15, -0.1) is 0 Å². The quantitative estimate of drug-likeness (QED) is 0.732. The van der Waals surface area contributed by atoms with Crippen molar-refractivity contribution >= 4 is 39.0 Å². The summed E-state index contributed by atoms with van der Waals surface area (Å²) in [5.74, 6) is -0.441. The van der Waals surface area contributed by atoms with Crippen molar-refractivity contribution in [2.45, 2.75) is 6.92 Å². The Bertz CT molecular complexity index is 911. The van der Waals surface area contributed by atoms with Gasteiger partial charge >= 0.3 is 0 Å². The van der Waals surface area contributed by atoms with Crippen molar-refractivity contribution in [1.29, 1.82) is 0 Å². The smallest absolute Gasteiger partial charge is 0.251 e. The van der Waals surface area contributed by atoms with E-state index in [1.165, 1.54) is 17.3 Å². The Kier molecular flexibility index (Phi) is 6.39. The fraction of sp³-hybridized carbons (Fsp3) is 0.222. The van der Waals surface area contributed by atoms with E-state index in [1.54, 1.807) is 42.5 Å². The summed E-state index contributed by atoms with van der Waals surface area (Å²) in [7, 11) is -3.54. The number of benzene rings is 2. The van der Waals surface area contributed by atoms with E-state index in [0.717, 1.165) is 6.26 Å². The number of rotatable bonds is 7. The lowest BCUT2D eigenvalue weighted by molar-refractivity contribution is 0.0953. The van der Waals surface area contributed by atoms with Gasteiger partial charge in [-0.3, -0.25) is 13.9 Å². The number of ketones is 1. The first-order valence-electron chi connectivity index (χ1n) is 7.81. The van der Waals surface area contributed by atoms with Gasteiger partial charge in [-0.05, 0) is 49.4 Å². The van der Waals surface area contributed by atoms with Gasteiger partial charge in [-0.2, -0.15) is 0 Å². The van der Waals surface area contributed by atoms with E-state index in [1.807, 2.05) is 0 Å². The molecule has 0 aliphatic rings. The van der Waals surface area contributed by atoms with Crippen LogP contribution in [-0.2, 0) is 10.0 Å². The third-order valence-electron chi connectivity index (χ3n) is 3.65. The number of hydrogen-bond acceptors (Lipinski definition) is 4. The molecule has 8 heteroatoms. The minimum absolute atomic E-state index is 0.0601. The van der Waals surface area contributed by atoms with Crippen LogP contribution in [0.3, 0.4) is 0 Å². The number of amides is 1. The lowest BCUT2D eigenvalue weighted by Gasteiger charge is -2.22. The van der Waals surface area contributed by atoms with E-state index in [-0.39, 0.29) is 24.8 Å². The molecule has 0 fully saturated rings. The normalized spacial score (nSPS) is 11.0. The Morgan fingerprint density at radius 1 is 1.08 bits per heavy atom. The van der Waals surface area contributed by atoms with Gasteiger partial charge in [0.25, 0.3) is 5.91 Å². The predicted octanol–water partition coefficient (Wildman–Crippen LogP) is 2.74. The number of carbonyl (C=O) groups is 2. The zero-order valence-electron chi connectivity index (χ0n) is 14.4. The first-order valence-corrected chi connectivity index (χ1v) is 10.0. The monoisotopic (exact) mass is 394 g/mol. The summed E-state index contributed by atoms with van der Waals surface area (Å²) in [5.41, 5.74) is 1.32. The van der Waals surface area contributed by atoms with E-state index >= 15 is 0 Å². The van der Waals surface area contributed by atoms with E-state index in [9.17, 15) is 18.0 Å². The second-order valence-corrected chi connectivity index (χ2v) is 8.05. The highest BCUT2D eigenvalue weighted by molar-refractivity contribution is 7.92. The maximum atomic E-state index is 12.1. The molecule has 0 unspecified atom stereocenters. The number of hydrogen-bond donors (Lipinski definition) is 1. The SMILES string of the molecule is CC(=O)c1ccc(N(CCNC(=O)c2cccc(Cl)c2)S(C)(=O)=O)cc1. The predicted molar refractivity (Wildman–Crippen MR) is 102 cm³/mol. The molecule has 2 aromatic carbocycles. The van der Waals surface area contributed by atoms with Crippen LogP contribution in [-0.4, -0.2) is 39.5 Å². The van der Waals surface area contributed by atoms with Crippen LogP contribution in [0.1, 0.15) is 27.6 Å². The van der Waals surface area contributed by atoms with Crippen molar-refractivity contribution in [3.8, 4) is 0 Å². The topological polar surface area (TPSA) is 83.6 Å². The van der Waals surface area contributed by atoms with Gasteiger partial charge in [0.2, 0.25) is 10.0 Å². The maximum absolute atomic E-state index is 12.1. The van der Waals surface area contributed by atoms with E-state index in [4.69, 9.17) is 11.6 Å². The largest absolute Gasteiger partial charge is 0.350 e. The van der Waals surface area contributed by atoms with Crippen LogP contribution < -0.4 is 9.62 Å². The Morgan fingerprint density at radius 3 is 2.27 bits per heavy atom. The molecule has 0 aromatic heterocycles. The Balaban J connectivity index is 2.07. The number of nitrogens with zero attached hydrogens (tertiary/aromatic N) is 1. The lowest BCUT2D eigenvalue weighted by atomic mass is 10.1. The molecule has 6 nitrogen and oxygen atoms in total. The molecular formula is C18H19ClN2O4S. The minimum Gasteiger partial charge on any atom is -0.350 e. The van der Waals surface area contributed by atoms with E-state index in [2.05, 4.69) is 5.32 Å². The average Bonchev–Trinajstić information content (AvgIpc) is 2.57. The second kappa shape index (κ2) is 8.33. The van der Waals surface area contributed by atoms with Gasteiger partial charge in [0.1, 0.15) is 0 Å². The van der Waals surface area contributed by atoms with Crippen LogP contribution in [0.25, 0.3) is 0 Å². The van der Waals surface area contributed by atoms with Gasteiger partial charge < -0.3 is 5.32 Å². The molecular weight excluding hydrogens is 376 g/mol. The summed E-state index contributed by atoms with van der Waals surface area (Å²) >= 11 is 5.86. The summed E-state index contributed by atoms with van der Waals surface area (Å²) < 4.78 is 25.3. The molecule has 0 heterocycles. The first-order chi connectivity index (χ1) is 12.2. The summed E-state index contributed by atoms with van der Waals surface area (Å²) in [6.07, 6.45) is 1.09. The van der Waals surface area contributed by atoms with Crippen LogP contribution in [0.5, 0.6) is 0 Å². The Morgan fingerprint density at radius 2 is 1.73 bits per heavy atom. The van der Waals surface area contributed by atoms with Crippen molar-refractivity contribution in [3.05, 3.63) is 64.7 Å². The van der Waals surface area contributed by atoms with Crippen molar-refractivity contribution in [2.75, 3.05) is 23.7 Å². The first kappa shape index (κ1) is 19.9. The van der Waals surface area contributed by atoms with Gasteiger partial charge in [-0.25, -0.2) is 8.42 Å². The summed E-state index contributed by atoms with van der Waals surface area (Å²) in [4.78, 5) is 23.4. The van der Waals surface area contributed by atoms with Gasteiger partial charge in [-0.1, -0.05) is 17.7 Å². The molecule has 0 bridgehead atoms. The molecule has 26 heavy (non-hydrogen) atoms. The summed E-state index contributed by atoms with van der Waals surface area (Å²) in [6.45, 7) is 1.62. The number of anilines is 1. The molecule has 0 radical (unpaired) electrons. The molecule has 1 N–H and O–H groups in total. The number of sulfonamides is 1. The molecule has 0 saturated heterocycles. The lowest BCUT2D eigenvalue weighted by Crippen LogP contribution is -2.38. The third-order valence-corrected chi connectivity index (χ3v) is 5.08. The summed E-state index contributed by atoms with van der Waals surface area (Å²) in [6, 6.07) is 12.8. The van der Waals surface area contributed by atoms with Crippen molar-refractivity contribution in [3.63, 3.8) is 0 Å². The summed E-state index contributed by atoms with van der Waals surface area (Å²) in [5, 5.41) is 3.12. The number of nitrogens with one attached hydrogen (secondary N) is 1. The molecule has 1 amide bonds. The average molecular weight is 395 g/mol. The number of carbonyl (C=O) groups excluding carboxylic acids is 2. The third kappa shape index (κ3) is 5.31. The van der Waals surface area contributed by atoms with Gasteiger partial charge in [0.15, 0.2) is 5.78 Å². The molecule has 0 spiro atoms. The van der Waals surface area contributed by atoms with E-state index in [0.29, 0.717) is 21.8 Å². The van der Waals surface area contributed by atoms with Crippen molar-refractivity contribution < 1.29 is 18.0 Å². The highest BCUT2D eigenvalue weighted by Crippen LogP contribution is 2.18. The van der Waals surface area contributed by atoms with Crippen LogP contribution in [0.15, 0.2) is 48.5 Å². The maximum Gasteiger partial charge on any atom is 0.251 e. The fourth-order valence-electron chi connectivity index (χ4n) is 2.35. The Labute approximate surface area is 157 Å². The number of Topliss-reactive ketones (excluding diaryl/α,β-unsaturated/α-hetero) is 1. The standard InChI is InChI=1S/C18H19ClN2O4S/c1-13(22)14-6-8-17(9-7-14)21(26(2,24)25)11-10-20-18(23)15-4-3-5-16(19)12-15/h3-9,12H,10-11H2,1-2H3,(H,20,23). The molecule has 0 aliphatic carbocycles. The molecule has 2 aromatic rings. The second-order valence-electron chi connectivity index (χ2n) is 5.70. The van der Waals surface area contributed by atoms with Crippen molar-refractivity contribution in [1.82, 2.24) is 5.32 Å². The highest BCUT2D eigenvalue weighted by atomic mass is 35.5. The molecule has 0 atom stereocenters. The van der Waals surface area contributed by atoms with Crippen LogP contribution in [0, 0.1) is 0 Å². The molecule has 2 rings (SSSR count). The van der Waals surface area contributed by atoms with E-state index < -0.39 is 10.0 Å². The van der Waals surface area contributed by atoms with Crippen LogP contribution >= 0.6 is 11.6 Å². The Hall–Kier alpha value is -2.38. The van der Waals surface area contributed by atoms with Gasteiger partial charge in [0.05, 0.1) is 18.5 Å². The molecule has 0 aliphatic heterocycles. The zero-order valence-corrected chi connectivity index (χ0v) is 16.0. The fourth-order valence-corrected chi connectivity index (χ4v) is 3.47. The number of halogens is 1. The van der Waals surface area contributed by atoms with Crippen LogP contribution in [0.4, 0.5) is 5.69 Å². The van der Waals surface area contributed by atoms with Crippen molar-refractivity contribution in [2.24, 2.45) is 0 Å². The zero-order chi connectivity index (χ0) is 19.3.